The van der Waals surface area contributed by atoms with Gasteiger partial charge in [-0.2, -0.15) is 0 Å². The van der Waals surface area contributed by atoms with Crippen molar-refractivity contribution in [2.24, 2.45) is 0 Å². The molecule has 3 aromatic carbocycles. The molecule has 1 fully saturated rings. The van der Waals surface area contributed by atoms with Gasteiger partial charge in [0.15, 0.2) is 0 Å². The van der Waals surface area contributed by atoms with Crippen molar-refractivity contribution in [3.05, 3.63) is 96.8 Å². The number of nitrogens with zero attached hydrogens (tertiary/aromatic N) is 8. The van der Waals surface area contributed by atoms with Gasteiger partial charge in [-0.05, 0) is 42.0 Å². The molecule has 6 aromatic rings. The lowest BCUT2D eigenvalue weighted by atomic mass is 10.2. The maximum absolute atomic E-state index is 5.45. The topological polar surface area (TPSA) is 98.8 Å². The molecule has 0 aliphatic carbocycles. The lowest BCUT2D eigenvalue weighted by Crippen LogP contribution is -2.35. The maximum atomic E-state index is 5.45. The number of hydrogen-bond acceptors (Lipinski definition) is 8. The highest BCUT2D eigenvalue weighted by atomic mass is 16.5. The zero-order chi connectivity index (χ0) is 26.0. The molecule has 1 aliphatic rings. The average molecular weight is 518 g/mol. The first-order valence-corrected chi connectivity index (χ1v) is 13.0. The Kier molecular flexibility index (Phi) is 6.16. The van der Waals surface area contributed by atoms with Crippen LogP contribution in [0.25, 0.3) is 27.6 Å². The van der Waals surface area contributed by atoms with E-state index in [4.69, 9.17) is 4.74 Å². The molecule has 0 radical (unpaired) electrons. The predicted octanol–water partition coefficient (Wildman–Crippen LogP) is 4.18. The number of rotatable bonds is 7. The van der Waals surface area contributed by atoms with Crippen LogP contribution in [0.3, 0.4) is 0 Å². The van der Waals surface area contributed by atoms with Crippen molar-refractivity contribution in [3.8, 4) is 5.69 Å². The predicted molar refractivity (Wildman–Crippen MR) is 149 cm³/mol. The van der Waals surface area contributed by atoms with E-state index in [1.165, 1.54) is 5.56 Å². The normalized spacial score (nSPS) is 14.3. The van der Waals surface area contributed by atoms with Gasteiger partial charge >= 0.3 is 0 Å². The third kappa shape index (κ3) is 4.95. The summed E-state index contributed by atoms with van der Waals surface area (Å²) in [6.45, 7) is 4.88. The second-order valence-electron chi connectivity index (χ2n) is 9.65. The first kappa shape index (κ1) is 23.4. The fourth-order valence-electron chi connectivity index (χ4n) is 4.96. The number of benzene rings is 3. The minimum Gasteiger partial charge on any atom is -0.379 e. The van der Waals surface area contributed by atoms with Crippen LogP contribution in [-0.2, 0) is 17.8 Å². The van der Waals surface area contributed by atoms with Crippen LogP contribution in [-0.4, -0.2) is 65.7 Å². The molecular weight excluding hydrogens is 490 g/mol. The van der Waals surface area contributed by atoms with Crippen LogP contribution >= 0.6 is 0 Å². The van der Waals surface area contributed by atoms with E-state index in [1.807, 2.05) is 42.9 Å². The van der Waals surface area contributed by atoms with E-state index in [2.05, 4.69) is 76.4 Å². The van der Waals surface area contributed by atoms with Gasteiger partial charge in [-0.3, -0.25) is 4.90 Å². The number of anilines is 2. The highest BCUT2D eigenvalue weighted by Crippen LogP contribution is 2.27. The molecule has 194 valence electrons. The van der Waals surface area contributed by atoms with Crippen LogP contribution < -0.4 is 5.32 Å². The van der Waals surface area contributed by atoms with Crippen molar-refractivity contribution >= 4 is 33.4 Å². The van der Waals surface area contributed by atoms with Crippen LogP contribution in [0.15, 0.2) is 85.6 Å². The largest absolute Gasteiger partial charge is 0.379 e. The summed E-state index contributed by atoms with van der Waals surface area (Å²) in [6, 6.07) is 22.6. The van der Waals surface area contributed by atoms with Crippen LogP contribution in [0, 0.1) is 0 Å². The Labute approximate surface area is 224 Å². The maximum Gasteiger partial charge on any atom is 0.141 e. The average Bonchev–Trinajstić information content (AvgIpc) is 3.61. The SMILES string of the molecule is c1ccc(Cn2cnc3cc(Nc4ncnc5ccc(-n6cc(CN7CCOCC7)nn6)cc45)ccc32)cc1. The first-order chi connectivity index (χ1) is 19.3. The van der Waals surface area contributed by atoms with E-state index < -0.39 is 0 Å². The van der Waals surface area contributed by atoms with Gasteiger partial charge in [-0.15, -0.1) is 5.10 Å². The Morgan fingerprint density at radius 2 is 1.74 bits per heavy atom. The van der Waals surface area contributed by atoms with Crippen LogP contribution in [0.1, 0.15) is 11.3 Å². The molecule has 0 spiro atoms. The van der Waals surface area contributed by atoms with Gasteiger partial charge < -0.3 is 14.6 Å². The second kappa shape index (κ2) is 10.2. The Morgan fingerprint density at radius 3 is 2.64 bits per heavy atom. The van der Waals surface area contributed by atoms with Gasteiger partial charge in [-0.1, -0.05) is 35.5 Å². The molecule has 1 N–H and O–H groups in total. The van der Waals surface area contributed by atoms with Gasteiger partial charge in [0.1, 0.15) is 12.1 Å². The van der Waals surface area contributed by atoms with Crippen molar-refractivity contribution in [2.75, 3.05) is 31.6 Å². The van der Waals surface area contributed by atoms with Gasteiger partial charge in [0.2, 0.25) is 0 Å². The van der Waals surface area contributed by atoms with Crippen molar-refractivity contribution in [1.29, 1.82) is 0 Å². The smallest absolute Gasteiger partial charge is 0.141 e. The van der Waals surface area contributed by atoms with E-state index in [0.29, 0.717) is 0 Å². The lowest BCUT2D eigenvalue weighted by molar-refractivity contribution is 0.0336. The second-order valence-corrected chi connectivity index (χ2v) is 9.65. The summed E-state index contributed by atoms with van der Waals surface area (Å²) in [4.78, 5) is 16.0. The standard InChI is InChI=1S/C29H27N9O/c1-2-4-21(5-3-1)16-37-20-32-27-14-22(6-9-28(27)37)33-29-25-15-24(7-8-26(25)30-19-31-29)38-18-23(34-35-38)17-36-10-12-39-13-11-36/h1-9,14-15,18-20H,10-13,16-17H2,(H,30,31,33). The number of fused-ring (bicyclic) bond motifs is 2. The lowest BCUT2D eigenvalue weighted by Gasteiger charge is -2.25. The molecule has 4 heterocycles. The Balaban J connectivity index is 1.14. The molecular formula is C29H27N9O. The molecule has 0 bridgehead atoms. The van der Waals surface area contributed by atoms with E-state index in [1.54, 1.807) is 11.0 Å². The molecule has 1 saturated heterocycles. The number of ether oxygens (including phenoxy) is 1. The van der Waals surface area contributed by atoms with E-state index >= 15 is 0 Å². The molecule has 3 aromatic heterocycles. The zero-order valence-corrected chi connectivity index (χ0v) is 21.3. The number of aromatic nitrogens is 7. The van der Waals surface area contributed by atoms with Crippen molar-refractivity contribution < 1.29 is 4.74 Å². The summed E-state index contributed by atoms with van der Waals surface area (Å²) in [5.41, 5.74) is 6.83. The summed E-state index contributed by atoms with van der Waals surface area (Å²) in [7, 11) is 0. The Morgan fingerprint density at radius 1 is 0.846 bits per heavy atom. The third-order valence-corrected chi connectivity index (χ3v) is 6.99. The Hall–Kier alpha value is -4.67. The van der Waals surface area contributed by atoms with Crippen molar-refractivity contribution in [3.63, 3.8) is 0 Å². The van der Waals surface area contributed by atoms with Gasteiger partial charge in [0.05, 0.1) is 53.7 Å². The minimum absolute atomic E-state index is 0.721. The molecule has 0 amide bonds. The van der Waals surface area contributed by atoms with Gasteiger partial charge in [-0.25, -0.2) is 19.6 Å². The fraction of sp³-hybridized carbons (Fsp3) is 0.207. The minimum atomic E-state index is 0.721. The third-order valence-electron chi connectivity index (χ3n) is 6.99. The molecule has 10 heteroatoms. The highest BCUT2D eigenvalue weighted by Gasteiger charge is 2.14. The van der Waals surface area contributed by atoms with E-state index in [9.17, 15) is 0 Å². The Bertz CT molecular complexity index is 1740. The van der Waals surface area contributed by atoms with Crippen molar-refractivity contribution in [1.82, 2.24) is 39.4 Å². The van der Waals surface area contributed by atoms with E-state index in [-0.39, 0.29) is 0 Å². The number of imidazole rings is 1. The fourth-order valence-corrected chi connectivity index (χ4v) is 4.96. The first-order valence-electron chi connectivity index (χ1n) is 13.0. The van der Waals surface area contributed by atoms with Crippen LogP contribution in [0.4, 0.5) is 11.5 Å². The number of hydrogen-bond donors (Lipinski definition) is 1. The monoisotopic (exact) mass is 517 g/mol. The quantitative estimate of drug-likeness (QED) is 0.337. The zero-order valence-electron chi connectivity index (χ0n) is 21.3. The summed E-state index contributed by atoms with van der Waals surface area (Å²) >= 11 is 0. The van der Waals surface area contributed by atoms with Crippen LogP contribution in [0.2, 0.25) is 0 Å². The molecule has 1 aliphatic heterocycles. The summed E-state index contributed by atoms with van der Waals surface area (Å²) in [6.07, 6.45) is 5.44. The molecule has 0 saturated carbocycles. The number of morpholine rings is 1. The molecule has 39 heavy (non-hydrogen) atoms. The highest BCUT2D eigenvalue weighted by molar-refractivity contribution is 5.92. The van der Waals surface area contributed by atoms with Crippen LogP contribution in [0.5, 0.6) is 0 Å². The summed E-state index contributed by atoms with van der Waals surface area (Å²) < 4.78 is 9.41. The molecule has 0 atom stereocenters. The van der Waals surface area contributed by atoms with Gasteiger partial charge in [0.25, 0.3) is 0 Å². The molecule has 7 rings (SSSR count). The molecule has 10 nitrogen and oxygen atoms in total. The molecule has 0 unspecified atom stereocenters. The summed E-state index contributed by atoms with van der Waals surface area (Å²) in [5.74, 6) is 0.721. The van der Waals surface area contributed by atoms with Gasteiger partial charge in [0, 0.05) is 37.3 Å². The summed E-state index contributed by atoms with van der Waals surface area (Å²) in [5, 5.41) is 13.1. The van der Waals surface area contributed by atoms with E-state index in [0.717, 1.165) is 84.2 Å². The van der Waals surface area contributed by atoms with Crippen molar-refractivity contribution in [2.45, 2.75) is 13.1 Å². The number of nitrogens with one attached hydrogen (secondary N) is 1.